The summed E-state index contributed by atoms with van der Waals surface area (Å²) in [5, 5.41) is 5.97. The molecule has 0 fully saturated rings. The summed E-state index contributed by atoms with van der Waals surface area (Å²) in [6.45, 7) is 4.88. The first-order chi connectivity index (χ1) is 13.1. The van der Waals surface area contributed by atoms with Crippen LogP contribution >= 0.6 is 11.3 Å². The van der Waals surface area contributed by atoms with Gasteiger partial charge in [0, 0.05) is 13.0 Å². The van der Waals surface area contributed by atoms with E-state index >= 15 is 0 Å². The predicted molar refractivity (Wildman–Crippen MR) is 105 cm³/mol. The van der Waals surface area contributed by atoms with Crippen molar-refractivity contribution in [1.82, 2.24) is 15.0 Å². The zero-order valence-electron chi connectivity index (χ0n) is 15.8. The Morgan fingerprint density at radius 1 is 1.33 bits per heavy atom. The van der Waals surface area contributed by atoms with Gasteiger partial charge in [0.1, 0.15) is 5.75 Å². The van der Waals surface area contributed by atoms with Crippen molar-refractivity contribution in [3.63, 3.8) is 0 Å². The summed E-state index contributed by atoms with van der Waals surface area (Å²) in [5.74, 6) is 1.95. The average molecular weight is 385 g/mol. The van der Waals surface area contributed by atoms with Crippen LogP contribution in [-0.4, -0.2) is 34.6 Å². The Kier molecular flexibility index (Phi) is 6.24. The molecule has 1 amide bonds. The summed E-state index contributed by atoms with van der Waals surface area (Å²) in [7, 11) is 1.66. The first kappa shape index (κ1) is 19.1. The third kappa shape index (κ3) is 4.74. The first-order valence-corrected chi connectivity index (χ1v) is 9.76. The monoisotopic (exact) mass is 385 g/mol. The second-order valence-corrected chi connectivity index (χ2v) is 7.15. The summed E-state index contributed by atoms with van der Waals surface area (Å²) >= 11 is 1.56. The topological polar surface area (TPSA) is 68.5 Å². The molecule has 3 aromatic rings. The summed E-state index contributed by atoms with van der Waals surface area (Å²) < 4.78 is 10.6. The summed E-state index contributed by atoms with van der Waals surface area (Å²) in [5.41, 5.74) is 2.19. The Labute approximate surface area is 162 Å². The molecular weight excluding hydrogens is 362 g/mol. The number of methoxy groups -OCH3 is 1. The lowest BCUT2D eigenvalue weighted by atomic mass is 10.1. The minimum Gasteiger partial charge on any atom is -0.496 e. The van der Waals surface area contributed by atoms with Crippen LogP contribution in [0.15, 0.2) is 40.2 Å². The molecule has 0 saturated heterocycles. The molecule has 0 bridgehead atoms. The smallest absolute Gasteiger partial charge is 0.246 e. The van der Waals surface area contributed by atoms with Gasteiger partial charge in [-0.15, -0.1) is 11.3 Å². The van der Waals surface area contributed by atoms with Crippen LogP contribution in [0.25, 0.3) is 10.7 Å². The van der Waals surface area contributed by atoms with E-state index in [4.69, 9.17) is 9.26 Å². The third-order valence-electron chi connectivity index (χ3n) is 4.36. The molecule has 6 nitrogen and oxygen atoms in total. The largest absolute Gasteiger partial charge is 0.496 e. The van der Waals surface area contributed by atoms with Crippen LogP contribution in [0, 0.1) is 6.92 Å². The van der Waals surface area contributed by atoms with Crippen molar-refractivity contribution in [2.45, 2.75) is 33.2 Å². The maximum absolute atomic E-state index is 12.6. The quantitative estimate of drug-likeness (QED) is 0.584. The highest BCUT2D eigenvalue weighted by atomic mass is 32.1. The summed E-state index contributed by atoms with van der Waals surface area (Å²) in [6, 6.07) is 9.89. The van der Waals surface area contributed by atoms with Crippen molar-refractivity contribution >= 4 is 17.2 Å². The van der Waals surface area contributed by atoms with Gasteiger partial charge < -0.3 is 14.2 Å². The maximum Gasteiger partial charge on any atom is 0.246 e. The molecule has 2 heterocycles. The van der Waals surface area contributed by atoms with Gasteiger partial charge in [-0.2, -0.15) is 4.98 Å². The van der Waals surface area contributed by atoms with Crippen LogP contribution in [-0.2, 0) is 17.8 Å². The lowest BCUT2D eigenvalue weighted by Crippen LogP contribution is -2.30. The second-order valence-electron chi connectivity index (χ2n) is 6.20. The molecule has 3 rings (SSSR count). The Morgan fingerprint density at radius 2 is 2.19 bits per heavy atom. The molecular formula is C20H23N3O3S. The van der Waals surface area contributed by atoms with Crippen LogP contribution in [0.1, 0.15) is 30.4 Å². The van der Waals surface area contributed by atoms with Crippen molar-refractivity contribution in [3.05, 3.63) is 52.7 Å². The fourth-order valence-electron chi connectivity index (χ4n) is 2.87. The number of aromatic nitrogens is 2. The van der Waals surface area contributed by atoms with Crippen molar-refractivity contribution in [3.8, 4) is 16.5 Å². The highest BCUT2D eigenvalue weighted by Gasteiger charge is 2.17. The van der Waals surface area contributed by atoms with Crippen LogP contribution in [0.4, 0.5) is 0 Å². The Bertz CT molecular complexity index is 890. The van der Waals surface area contributed by atoms with Gasteiger partial charge in [0.05, 0.1) is 18.5 Å². The number of nitrogens with zero attached hydrogens (tertiary/aromatic N) is 3. The number of rotatable bonds is 8. The lowest BCUT2D eigenvalue weighted by Gasteiger charge is -2.18. The van der Waals surface area contributed by atoms with Gasteiger partial charge in [0.2, 0.25) is 17.6 Å². The summed E-state index contributed by atoms with van der Waals surface area (Å²) in [6.07, 6.45) is 1.12. The standard InChI is InChI=1S/C20H23N3O3S/c1-4-23(13-18-21-20(22-26-18)17-6-5-11-27-17)19(24)10-8-15-7-9-16(25-3)14(2)12-15/h5-7,9,11-12H,4,8,10,13H2,1-3H3. The normalized spacial score (nSPS) is 10.8. The van der Waals surface area contributed by atoms with E-state index in [1.165, 1.54) is 0 Å². The SMILES string of the molecule is CCN(Cc1nc(-c2cccs2)no1)C(=O)CCc1ccc(OC)c(C)c1. The number of hydrogen-bond donors (Lipinski definition) is 0. The molecule has 2 aromatic heterocycles. The predicted octanol–water partition coefficient (Wildman–Crippen LogP) is 4.10. The highest BCUT2D eigenvalue weighted by molar-refractivity contribution is 7.13. The van der Waals surface area contributed by atoms with Crippen molar-refractivity contribution in [2.24, 2.45) is 0 Å². The number of benzene rings is 1. The van der Waals surface area contributed by atoms with Crippen molar-refractivity contribution in [2.75, 3.05) is 13.7 Å². The van der Waals surface area contributed by atoms with Gasteiger partial charge >= 0.3 is 0 Å². The highest BCUT2D eigenvalue weighted by Crippen LogP contribution is 2.22. The molecule has 27 heavy (non-hydrogen) atoms. The Hall–Kier alpha value is -2.67. The van der Waals surface area contributed by atoms with Gasteiger partial charge in [0.15, 0.2) is 0 Å². The van der Waals surface area contributed by atoms with Crippen molar-refractivity contribution < 1.29 is 14.1 Å². The Balaban J connectivity index is 1.58. The van der Waals surface area contributed by atoms with Crippen LogP contribution < -0.4 is 4.74 Å². The lowest BCUT2D eigenvalue weighted by molar-refractivity contribution is -0.131. The minimum atomic E-state index is 0.0712. The van der Waals surface area contributed by atoms with E-state index in [1.54, 1.807) is 23.3 Å². The van der Waals surface area contributed by atoms with E-state index in [0.717, 1.165) is 21.8 Å². The van der Waals surface area contributed by atoms with E-state index in [1.807, 2.05) is 43.5 Å². The molecule has 0 spiro atoms. The molecule has 7 heteroatoms. The molecule has 142 valence electrons. The number of aryl methyl sites for hydroxylation is 2. The molecule has 0 atom stereocenters. The molecule has 0 aliphatic rings. The zero-order chi connectivity index (χ0) is 19.2. The van der Waals surface area contributed by atoms with Gasteiger partial charge in [0.25, 0.3) is 0 Å². The second kappa shape index (κ2) is 8.81. The van der Waals surface area contributed by atoms with E-state index < -0.39 is 0 Å². The molecule has 0 N–H and O–H groups in total. The van der Waals surface area contributed by atoms with E-state index in [-0.39, 0.29) is 5.91 Å². The number of amides is 1. The average Bonchev–Trinajstić information content (AvgIpc) is 3.35. The molecule has 0 aliphatic heterocycles. The molecule has 0 unspecified atom stereocenters. The minimum absolute atomic E-state index is 0.0712. The number of hydrogen-bond acceptors (Lipinski definition) is 6. The molecule has 0 saturated carbocycles. The van der Waals surface area contributed by atoms with E-state index in [2.05, 4.69) is 16.2 Å². The number of carbonyl (C=O) groups is 1. The molecule has 0 radical (unpaired) electrons. The third-order valence-corrected chi connectivity index (χ3v) is 5.22. The van der Waals surface area contributed by atoms with Gasteiger partial charge in [-0.1, -0.05) is 23.4 Å². The van der Waals surface area contributed by atoms with Gasteiger partial charge in [-0.05, 0) is 48.9 Å². The van der Waals surface area contributed by atoms with Crippen molar-refractivity contribution in [1.29, 1.82) is 0 Å². The fourth-order valence-corrected chi connectivity index (χ4v) is 3.52. The Morgan fingerprint density at radius 3 is 2.85 bits per heavy atom. The van der Waals surface area contributed by atoms with Gasteiger partial charge in [-0.25, -0.2) is 0 Å². The zero-order valence-corrected chi connectivity index (χ0v) is 16.6. The first-order valence-electron chi connectivity index (χ1n) is 8.88. The van der Waals surface area contributed by atoms with Crippen LogP contribution in [0.5, 0.6) is 5.75 Å². The maximum atomic E-state index is 12.6. The van der Waals surface area contributed by atoms with Crippen LogP contribution in [0.2, 0.25) is 0 Å². The van der Waals surface area contributed by atoms with Gasteiger partial charge in [-0.3, -0.25) is 4.79 Å². The molecule has 1 aromatic carbocycles. The number of ether oxygens (including phenoxy) is 1. The molecule has 0 aliphatic carbocycles. The number of thiophene rings is 1. The van der Waals surface area contributed by atoms with Crippen LogP contribution in [0.3, 0.4) is 0 Å². The van der Waals surface area contributed by atoms with E-state index in [9.17, 15) is 4.79 Å². The summed E-state index contributed by atoms with van der Waals surface area (Å²) in [4.78, 5) is 19.7. The fraction of sp³-hybridized carbons (Fsp3) is 0.350. The van der Waals surface area contributed by atoms with E-state index in [0.29, 0.717) is 37.6 Å². The number of carbonyl (C=O) groups excluding carboxylic acids is 1.